The van der Waals surface area contributed by atoms with Crippen molar-refractivity contribution in [3.8, 4) is 11.3 Å². The average molecular weight is 375 g/mol. The molecule has 1 fully saturated rings. The number of hydrogen-bond acceptors (Lipinski definition) is 5. The Kier molecular flexibility index (Phi) is 4.70. The first kappa shape index (κ1) is 18.3. The van der Waals surface area contributed by atoms with Crippen molar-refractivity contribution >= 4 is 21.5 Å². The molecule has 0 radical (unpaired) electrons. The van der Waals surface area contributed by atoms with Crippen LogP contribution in [0.4, 0.5) is 0 Å². The highest BCUT2D eigenvalue weighted by atomic mass is 32.2. The van der Waals surface area contributed by atoms with Crippen LogP contribution in [0.1, 0.15) is 53.7 Å². The zero-order valence-electron chi connectivity index (χ0n) is 14.7. The van der Waals surface area contributed by atoms with E-state index in [2.05, 4.69) is 4.98 Å². The second kappa shape index (κ2) is 6.68. The number of sulfone groups is 1. The molecule has 1 aromatic carbocycles. The van der Waals surface area contributed by atoms with Gasteiger partial charge < -0.3 is 10.3 Å². The number of aromatic nitrogens is 2. The van der Waals surface area contributed by atoms with E-state index in [4.69, 9.17) is 5.73 Å². The molecule has 3 rings (SSSR count). The van der Waals surface area contributed by atoms with E-state index in [9.17, 15) is 18.0 Å². The maximum absolute atomic E-state index is 12.7. The normalized spacial score (nSPS) is 15.3. The van der Waals surface area contributed by atoms with Gasteiger partial charge in [0.25, 0.3) is 5.91 Å². The number of amides is 1. The van der Waals surface area contributed by atoms with Gasteiger partial charge in [-0.25, -0.2) is 13.4 Å². The highest BCUT2D eigenvalue weighted by Gasteiger charge is 2.30. The maximum atomic E-state index is 12.7. The molecule has 0 saturated heterocycles. The lowest BCUT2D eigenvalue weighted by Gasteiger charge is -2.11. The van der Waals surface area contributed by atoms with Gasteiger partial charge in [0.15, 0.2) is 21.4 Å². The van der Waals surface area contributed by atoms with Gasteiger partial charge in [-0.3, -0.25) is 9.59 Å². The zero-order chi connectivity index (χ0) is 19.1. The van der Waals surface area contributed by atoms with Crippen molar-refractivity contribution in [2.75, 3.05) is 0 Å². The molecule has 0 spiro atoms. The fourth-order valence-corrected chi connectivity index (χ4v) is 5.34. The van der Waals surface area contributed by atoms with Crippen molar-refractivity contribution in [3.05, 3.63) is 35.8 Å². The SMILES string of the molecule is CC(=O)c1nc(-c2ccc(S(=O)(=O)C3CCCC3)cc2)c(C(N)=O)n1C. The summed E-state index contributed by atoms with van der Waals surface area (Å²) in [6.45, 7) is 1.36. The Bertz CT molecular complexity index is 969. The van der Waals surface area contributed by atoms with Crippen molar-refractivity contribution in [2.45, 2.75) is 42.8 Å². The summed E-state index contributed by atoms with van der Waals surface area (Å²) in [7, 11) is -1.80. The number of hydrogen-bond donors (Lipinski definition) is 1. The molecule has 1 amide bonds. The second-order valence-electron chi connectivity index (χ2n) is 6.59. The number of Topliss-reactive ketones (excluding diaryl/α,β-unsaturated/α-hetero) is 1. The number of benzene rings is 1. The second-order valence-corrected chi connectivity index (χ2v) is 8.82. The number of ketones is 1. The van der Waals surface area contributed by atoms with Crippen molar-refractivity contribution in [3.63, 3.8) is 0 Å². The minimum atomic E-state index is -3.35. The van der Waals surface area contributed by atoms with E-state index in [0.717, 1.165) is 12.8 Å². The molecular weight excluding hydrogens is 354 g/mol. The van der Waals surface area contributed by atoms with E-state index < -0.39 is 15.7 Å². The van der Waals surface area contributed by atoms with Crippen LogP contribution in [-0.2, 0) is 16.9 Å². The van der Waals surface area contributed by atoms with E-state index in [-0.39, 0.29) is 33.1 Å². The van der Waals surface area contributed by atoms with Crippen molar-refractivity contribution < 1.29 is 18.0 Å². The first-order valence-corrected chi connectivity index (χ1v) is 10.00. The van der Waals surface area contributed by atoms with Gasteiger partial charge in [-0.15, -0.1) is 0 Å². The van der Waals surface area contributed by atoms with Crippen molar-refractivity contribution in [1.29, 1.82) is 0 Å². The summed E-state index contributed by atoms with van der Waals surface area (Å²) in [6.07, 6.45) is 3.26. The van der Waals surface area contributed by atoms with E-state index in [1.165, 1.54) is 23.6 Å². The largest absolute Gasteiger partial charge is 0.364 e. The molecule has 2 N–H and O–H groups in total. The third-order valence-electron chi connectivity index (χ3n) is 4.84. The fraction of sp³-hybridized carbons (Fsp3) is 0.389. The summed E-state index contributed by atoms with van der Waals surface area (Å²) in [4.78, 5) is 28.0. The molecule has 2 aromatic rings. The van der Waals surface area contributed by atoms with Gasteiger partial charge in [0, 0.05) is 19.5 Å². The number of rotatable bonds is 5. The molecule has 0 bridgehead atoms. The molecule has 138 valence electrons. The molecule has 26 heavy (non-hydrogen) atoms. The van der Waals surface area contributed by atoms with E-state index in [1.54, 1.807) is 19.2 Å². The minimum absolute atomic E-state index is 0.113. The number of nitrogens with zero attached hydrogens (tertiary/aromatic N) is 2. The summed E-state index contributed by atoms with van der Waals surface area (Å²) in [5.41, 5.74) is 6.36. The molecule has 0 atom stereocenters. The van der Waals surface area contributed by atoms with Crippen LogP contribution in [0.3, 0.4) is 0 Å². The molecule has 1 heterocycles. The first-order valence-electron chi connectivity index (χ1n) is 8.45. The quantitative estimate of drug-likeness (QED) is 0.804. The predicted octanol–water partition coefficient (Wildman–Crippen LogP) is 2.10. The Balaban J connectivity index is 2.03. The number of imidazole rings is 1. The lowest BCUT2D eigenvalue weighted by Crippen LogP contribution is -2.18. The number of carbonyl (C=O) groups excluding carboxylic acids is 2. The number of primary amides is 1. The van der Waals surface area contributed by atoms with Gasteiger partial charge >= 0.3 is 0 Å². The third-order valence-corrected chi connectivity index (χ3v) is 7.12. The van der Waals surface area contributed by atoms with Crippen LogP contribution >= 0.6 is 0 Å². The van der Waals surface area contributed by atoms with Crippen LogP contribution in [0.25, 0.3) is 11.3 Å². The smallest absolute Gasteiger partial charge is 0.267 e. The Labute approximate surface area is 152 Å². The molecule has 1 aromatic heterocycles. The Morgan fingerprint density at radius 3 is 2.23 bits per heavy atom. The molecule has 1 aliphatic carbocycles. The Morgan fingerprint density at radius 1 is 1.15 bits per heavy atom. The standard InChI is InChI=1S/C18H21N3O4S/c1-11(22)18-20-15(16(17(19)23)21(18)2)12-7-9-14(10-8-12)26(24,25)13-5-3-4-6-13/h7-10,13H,3-6H2,1-2H3,(H2,19,23). The monoisotopic (exact) mass is 375 g/mol. The summed E-state index contributed by atoms with van der Waals surface area (Å²) >= 11 is 0. The number of nitrogens with two attached hydrogens (primary N) is 1. The highest BCUT2D eigenvalue weighted by molar-refractivity contribution is 7.92. The van der Waals surface area contributed by atoms with Crippen LogP contribution in [0.15, 0.2) is 29.2 Å². The Morgan fingerprint density at radius 2 is 1.73 bits per heavy atom. The molecule has 0 unspecified atom stereocenters. The third kappa shape index (κ3) is 3.05. The molecule has 8 heteroatoms. The summed E-state index contributed by atoms with van der Waals surface area (Å²) in [5, 5.41) is -0.325. The van der Waals surface area contributed by atoms with Crippen LogP contribution in [0.2, 0.25) is 0 Å². The van der Waals surface area contributed by atoms with Crippen molar-refractivity contribution in [1.82, 2.24) is 9.55 Å². The topological polar surface area (TPSA) is 112 Å². The van der Waals surface area contributed by atoms with Gasteiger partial charge in [-0.05, 0) is 25.0 Å². The molecule has 0 aliphatic heterocycles. The maximum Gasteiger partial charge on any atom is 0.267 e. The molecule has 7 nitrogen and oxygen atoms in total. The summed E-state index contributed by atoms with van der Waals surface area (Å²) in [5.74, 6) is -0.872. The zero-order valence-corrected chi connectivity index (χ0v) is 15.5. The summed E-state index contributed by atoms with van der Waals surface area (Å²) in [6, 6.07) is 6.24. The van der Waals surface area contributed by atoms with Crippen LogP contribution in [0.5, 0.6) is 0 Å². The van der Waals surface area contributed by atoms with Gasteiger partial charge in [-0.2, -0.15) is 0 Å². The molecule has 1 aliphatic rings. The fourth-order valence-electron chi connectivity index (χ4n) is 3.49. The highest BCUT2D eigenvalue weighted by Crippen LogP contribution is 2.31. The number of carbonyl (C=O) groups is 2. The van der Waals surface area contributed by atoms with Gasteiger partial charge in [-0.1, -0.05) is 25.0 Å². The van der Waals surface area contributed by atoms with Crippen LogP contribution in [0, 0.1) is 0 Å². The van der Waals surface area contributed by atoms with Gasteiger partial charge in [0.1, 0.15) is 11.4 Å². The lowest BCUT2D eigenvalue weighted by molar-refractivity contribution is 0.0991. The summed E-state index contributed by atoms with van der Waals surface area (Å²) < 4.78 is 26.7. The van der Waals surface area contributed by atoms with E-state index in [0.29, 0.717) is 18.4 Å². The van der Waals surface area contributed by atoms with Gasteiger partial charge in [0.2, 0.25) is 0 Å². The van der Waals surface area contributed by atoms with E-state index >= 15 is 0 Å². The molecular formula is C18H21N3O4S. The minimum Gasteiger partial charge on any atom is -0.364 e. The van der Waals surface area contributed by atoms with Gasteiger partial charge in [0.05, 0.1) is 10.1 Å². The predicted molar refractivity (Wildman–Crippen MR) is 96.6 cm³/mol. The first-order chi connectivity index (χ1) is 12.2. The average Bonchev–Trinajstić information content (AvgIpc) is 3.23. The van der Waals surface area contributed by atoms with E-state index in [1.807, 2.05) is 0 Å². The van der Waals surface area contributed by atoms with Crippen molar-refractivity contribution in [2.24, 2.45) is 12.8 Å². The molecule has 1 saturated carbocycles. The van der Waals surface area contributed by atoms with Crippen LogP contribution < -0.4 is 5.73 Å². The van der Waals surface area contributed by atoms with Crippen LogP contribution in [-0.4, -0.2) is 34.9 Å². The Hall–Kier alpha value is -2.48. The lowest BCUT2D eigenvalue weighted by atomic mass is 10.1.